The Morgan fingerprint density at radius 1 is 0.636 bits per heavy atom. The summed E-state index contributed by atoms with van der Waals surface area (Å²) in [5.74, 6) is -0.961. The van der Waals surface area contributed by atoms with Gasteiger partial charge < -0.3 is 13.4 Å². The summed E-state index contributed by atoms with van der Waals surface area (Å²) < 4.78 is 28.6. The van der Waals surface area contributed by atoms with Gasteiger partial charge in [-0.3, -0.25) is 4.72 Å². The van der Waals surface area contributed by atoms with Crippen molar-refractivity contribution in [2.24, 2.45) is 16.2 Å². The van der Waals surface area contributed by atoms with Crippen molar-refractivity contribution in [1.29, 1.82) is 0 Å². The lowest BCUT2D eigenvalue weighted by molar-refractivity contribution is -0.134. The van der Waals surface area contributed by atoms with Gasteiger partial charge >= 0.3 is 28.7 Å². The maximum absolute atomic E-state index is 11.3. The number of H-pyrrole nitrogens is 1. The lowest BCUT2D eigenvalue weighted by atomic mass is 10.0. The smallest absolute Gasteiger partial charge is 0.440 e. The monoisotopic (exact) mass is 781 g/mol. The first-order valence-electron chi connectivity index (χ1n) is 17.3. The zero-order chi connectivity index (χ0) is 40.4. The van der Waals surface area contributed by atoms with Crippen molar-refractivity contribution in [3.05, 3.63) is 135 Å². The van der Waals surface area contributed by atoms with Gasteiger partial charge in [0.15, 0.2) is 0 Å². The molecule has 1 aromatic heterocycles. The summed E-state index contributed by atoms with van der Waals surface area (Å²) in [5.41, 5.74) is 5.86. The summed E-state index contributed by atoms with van der Waals surface area (Å²) >= 11 is -1.40. The first-order chi connectivity index (χ1) is 24.4. The molecule has 0 aliphatic carbocycles. The minimum absolute atomic E-state index is 0. The van der Waals surface area contributed by atoms with Gasteiger partial charge in [0.1, 0.15) is 12.9 Å². The van der Waals surface area contributed by atoms with Gasteiger partial charge in [-0.25, -0.2) is 19.4 Å². The molecule has 0 spiro atoms. The number of ether oxygens (including phenoxy) is 1. The van der Waals surface area contributed by atoms with Crippen LogP contribution < -0.4 is 16.2 Å². The Kier molecular flexibility index (Phi) is 23.3. The summed E-state index contributed by atoms with van der Waals surface area (Å²) in [7, 11) is 0. The molecule has 1 unspecified atom stereocenters. The molecule has 0 bridgehead atoms. The second-order valence-corrected chi connectivity index (χ2v) is 17.7. The number of para-hydroxylation sites is 1. The third-order valence-corrected chi connectivity index (χ3v) is 5.86. The van der Waals surface area contributed by atoms with Crippen LogP contribution >= 0.6 is 0 Å². The zero-order valence-electron chi connectivity index (χ0n) is 33.7. The molecule has 0 fully saturated rings. The molecule has 3 aromatic carbocycles. The third-order valence-electron chi connectivity index (χ3n) is 5.20. The van der Waals surface area contributed by atoms with E-state index in [0.29, 0.717) is 28.5 Å². The highest BCUT2D eigenvalue weighted by molar-refractivity contribution is 7.78. The Balaban J connectivity index is 0. The Hall–Kier alpha value is -4.90. The van der Waals surface area contributed by atoms with Crippen molar-refractivity contribution in [3.63, 3.8) is 0 Å². The highest BCUT2D eigenvalue weighted by atomic mass is 32.2. The van der Waals surface area contributed by atoms with E-state index in [1.165, 1.54) is 6.26 Å². The van der Waals surface area contributed by atoms with Gasteiger partial charge in [0.05, 0.1) is 17.0 Å². The molecule has 0 saturated carbocycles. The minimum atomic E-state index is -1.40. The predicted octanol–water partition coefficient (Wildman–Crippen LogP) is 10.7. The number of hydrogen-bond acceptors (Lipinski definition) is 7. The van der Waals surface area contributed by atoms with E-state index >= 15 is 0 Å². The van der Waals surface area contributed by atoms with Crippen molar-refractivity contribution in [3.8, 4) is 5.69 Å². The average molecular weight is 782 g/mol. The molecule has 1 atom stereocenters. The highest BCUT2D eigenvalue weighted by Crippen LogP contribution is 2.25. The summed E-state index contributed by atoms with van der Waals surface area (Å²) in [6.45, 7) is 28.6. The van der Waals surface area contributed by atoms with Crippen LogP contribution in [0.2, 0.25) is 0 Å². The molecule has 2 aliphatic rings. The minimum Gasteiger partial charge on any atom is -0.458 e. The summed E-state index contributed by atoms with van der Waals surface area (Å²) in [5, 5.41) is 0. The lowest BCUT2D eigenvalue weighted by Crippen LogP contribution is -2.14. The van der Waals surface area contributed by atoms with Gasteiger partial charge in [0, 0.05) is 5.56 Å². The third kappa shape index (κ3) is 25.7. The number of esters is 1. The van der Waals surface area contributed by atoms with E-state index in [9.17, 15) is 18.6 Å². The first kappa shape index (κ1) is 52.2. The first-order valence-corrected chi connectivity index (χ1v) is 18.4. The van der Waals surface area contributed by atoms with Gasteiger partial charge in [0.2, 0.25) is 0 Å². The van der Waals surface area contributed by atoms with Gasteiger partial charge in [-0.15, -0.1) is 4.74 Å². The summed E-state index contributed by atoms with van der Waals surface area (Å²) in [6.07, 6.45) is 1.46. The van der Waals surface area contributed by atoms with E-state index in [2.05, 4.69) is 92.3 Å². The quantitative estimate of drug-likeness (QED) is 0.198. The number of aromatic amines is 1. The number of cyclic esters (lactones) is 1. The van der Waals surface area contributed by atoms with Crippen LogP contribution in [0.3, 0.4) is 0 Å². The van der Waals surface area contributed by atoms with E-state index in [4.69, 9.17) is 8.92 Å². The van der Waals surface area contributed by atoms with Crippen LogP contribution in [0.5, 0.6) is 0 Å². The number of carbonyl (C=O) groups is 1. The normalized spacial score (nSPS) is 14.1. The number of hydrogen-bond donors (Lipinski definition) is 2. The van der Waals surface area contributed by atoms with Crippen molar-refractivity contribution >= 4 is 28.5 Å². The molecule has 0 radical (unpaired) electrons. The van der Waals surface area contributed by atoms with Crippen LogP contribution in [0.1, 0.15) is 116 Å². The van der Waals surface area contributed by atoms with E-state index in [1.807, 2.05) is 72.6 Å². The van der Waals surface area contributed by atoms with Crippen molar-refractivity contribution in [1.82, 2.24) is 14.4 Å². The fourth-order valence-corrected chi connectivity index (χ4v) is 4.03. The maximum atomic E-state index is 11.3. The molecule has 4 aromatic rings. The van der Waals surface area contributed by atoms with E-state index in [0.717, 1.165) is 32.7 Å². The van der Waals surface area contributed by atoms with Crippen LogP contribution in [0.4, 0.5) is 0 Å². The second-order valence-electron chi connectivity index (χ2n) is 16.9. The molecular weight excluding hydrogens is 715 g/mol. The SMILES string of the molecule is C.C.CC(C)(C)C.CC(C)(C)C.CC(C)(C)C.CC1=C(c2ccccc2)C(=O)OC1.O=S1NC(c2ccccc2)=CO1.O=c1[nH]c(=O)n(-c2ccccc2)o1. The van der Waals surface area contributed by atoms with E-state index in [-0.39, 0.29) is 20.8 Å². The Labute approximate surface area is 332 Å². The molecule has 55 heavy (non-hydrogen) atoms. The Morgan fingerprint density at radius 3 is 1.36 bits per heavy atom. The molecule has 306 valence electrons. The maximum Gasteiger partial charge on any atom is 0.440 e. The molecule has 11 heteroatoms. The molecule has 3 heterocycles. The van der Waals surface area contributed by atoms with Crippen LogP contribution in [-0.4, -0.2) is 26.5 Å². The molecule has 10 nitrogen and oxygen atoms in total. The molecule has 6 rings (SSSR count). The van der Waals surface area contributed by atoms with Crippen molar-refractivity contribution < 1.29 is 22.4 Å². The van der Waals surface area contributed by atoms with E-state index in [1.54, 1.807) is 30.3 Å². The number of benzene rings is 3. The van der Waals surface area contributed by atoms with Gasteiger partial charge in [-0.2, -0.15) is 4.21 Å². The molecule has 0 saturated heterocycles. The predicted molar refractivity (Wildman–Crippen MR) is 231 cm³/mol. The van der Waals surface area contributed by atoms with Crippen LogP contribution in [0.25, 0.3) is 17.0 Å². The zero-order valence-corrected chi connectivity index (χ0v) is 34.5. The van der Waals surface area contributed by atoms with Crippen LogP contribution in [-0.2, 0) is 25.0 Å². The van der Waals surface area contributed by atoms with Gasteiger partial charge in [0.25, 0.3) is 0 Å². The second kappa shape index (κ2) is 24.5. The molecule has 2 N–H and O–H groups in total. The van der Waals surface area contributed by atoms with Gasteiger partial charge in [-0.05, 0) is 46.4 Å². The number of rotatable bonds is 3. The topological polar surface area (TPSA) is 133 Å². The largest absolute Gasteiger partial charge is 0.458 e. The standard InChI is InChI=1S/C11H10O2.C8H6N2O3.C8H7NO2S.3C5H12.2CH4/c1-8-7-13-11(12)10(8)9-5-3-2-4-6-9;11-7-9-8(12)13-10(7)6-4-2-1-3-5-6;10-12-9-8(6-11-12)7-4-2-1-3-5-7;3*1-5(2,3)4;;/h2-6H,7H2,1H3;1-5H,(H,9,11,12);1-6,9H;3*1-4H3;2*1H4. The molecule has 0 amide bonds. The fraction of sp³-hybridized carbons (Fsp3) is 0.432. The van der Waals surface area contributed by atoms with Crippen LogP contribution in [0.15, 0.2) is 117 Å². The van der Waals surface area contributed by atoms with Gasteiger partial charge in [-0.1, -0.05) is 177 Å². The Bertz CT molecular complexity index is 1820. The summed E-state index contributed by atoms with van der Waals surface area (Å²) in [6, 6.07) is 27.8. The number of carbonyl (C=O) groups excluding carboxylic acids is 1. The number of nitrogens with zero attached hydrogens (tertiary/aromatic N) is 1. The number of nitrogens with one attached hydrogen (secondary N) is 2. The molecule has 2 aliphatic heterocycles. The lowest BCUT2D eigenvalue weighted by Gasteiger charge is -2.05. The van der Waals surface area contributed by atoms with Crippen LogP contribution in [0, 0.1) is 16.2 Å². The fourth-order valence-electron chi connectivity index (χ4n) is 3.45. The highest BCUT2D eigenvalue weighted by Gasteiger charge is 2.22. The summed E-state index contributed by atoms with van der Waals surface area (Å²) in [4.78, 5) is 35.0. The number of aromatic nitrogens is 2. The average Bonchev–Trinajstić information content (AvgIpc) is 3.73. The molecular formula is C44H67N3O7S. The van der Waals surface area contributed by atoms with Crippen molar-refractivity contribution in [2.75, 3.05) is 6.61 Å². The van der Waals surface area contributed by atoms with Crippen molar-refractivity contribution in [2.45, 2.75) is 105 Å². The van der Waals surface area contributed by atoms with E-state index < -0.39 is 22.7 Å². The Morgan fingerprint density at radius 2 is 1.04 bits per heavy atom.